The van der Waals surface area contributed by atoms with E-state index in [1.165, 1.54) is 16.6 Å². The zero-order valence-electron chi connectivity index (χ0n) is 10.5. The molecule has 0 amide bonds. The summed E-state index contributed by atoms with van der Waals surface area (Å²) in [7, 11) is -1.99. The highest BCUT2D eigenvalue weighted by Gasteiger charge is 2.35. The van der Waals surface area contributed by atoms with Crippen molar-refractivity contribution in [1.29, 1.82) is 0 Å². The molecule has 1 atom stereocenters. The molecule has 1 saturated heterocycles. The van der Waals surface area contributed by atoms with Gasteiger partial charge < -0.3 is 10.4 Å². The minimum atomic E-state index is -3.65. The van der Waals surface area contributed by atoms with Crippen LogP contribution in [0.25, 0.3) is 0 Å². The standard InChI is InChI=1S/C11H16ClN3O3S/c1-13-11-10(12)5-9(6-14-11)19(17,18)15-4-2-3-8(15)7-16/h5-6,8,16H,2-4,7H2,1H3,(H,13,14). The summed E-state index contributed by atoms with van der Waals surface area (Å²) >= 11 is 5.96. The average Bonchev–Trinajstić information content (AvgIpc) is 2.87. The van der Waals surface area contributed by atoms with Crippen molar-refractivity contribution in [3.63, 3.8) is 0 Å². The van der Waals surface area contributed by atoms with E-state index in [1.807, 2.05) is 0 Å². The molecule has 0 aliphatic carbocycles. The molecule has 2 N–H and O–H groups in total. The Bertz CT molecular complexity index is 564. The molecule has 1 fully saturated rings. The molecule has 0 saturated carbocycles. The number of aliphatic hydroxyl groups is 1. The third-order valence-electron chi connectivity index (χ3n) is 3.19. The summed E-state index contributed by atoms with van der Waals surface area (Å²) in [6, 6.07) is 1.02. The van der Waals surface area contributed by atoms with Gasteiger partial charge >= 0.3 is 0 Å². The summed E-state index contributed by atoms with van der Waals surface area (Å²) in [6.45, 7) is 0.244. The second-order valence-electron chi connectivity index (χ2n) is 4.35. The minimum Gasteiger partial charge on any atom is -0.395 e. The van der Waals surface area contributed by atoms with E-state index in [2.05, 4.69) is 10.3 Å². The molecule has 106 valence electrons. The van der Waals surface area contributed by atoms with E-state index >= 15 is 0 Å². The number of hydrogen-bond donors (Lipinski definition) is 2. The Morgan fingerprint density at radius 3 is 2.95 bits per heavy atom. The highest BCUT2D eigenvalue weighted by atomic mass is 35.5. The average molecular weight is 306 g/mol. The van der Waals surface area contributed by atoms with Gasteiger partial charge in [-0.2, -0.15) is 4.31 Å². The number of halogens is 1. The number of sulfonamides is 1. The van der Waals surface area contributed by atoms with Crippen molar-refractivity contribution in [3.8, 4) is 0 Å². The van der Waals surface area contributed by atoms with Gasteiger partial charge in [0.1, 0.15) is 10.7 Å². The first kappa shape index (κ1) is 14.5. The van der Waals surface area contributed by atoms with E-state index in [1.54, 1.807) is 7.05 Å². The number of nitrogens with zero attached hydrogens (tertiary/aromatic N) is 2. The Morgan fingerprint density at radius 2 is 2.37 bits per heavy atom. The van der Waals surface area contributed by atoms with Crippen LogP contribution in [0.4, 0.5) is 5.82 Å². The fourth-order valence-electron chi connectivity index (χ4n) is 2.19. The second-order valence-corrected chi connectivity index (χ2v) is 6.64. The predicted octanol–water partition coefficient (Wildman–Crippen LogP) is 0.922. The molecular weight excluding hydrogens is 290 g/mol. The van der Waals surface area contributed by atoms with E-state index in [0.29, 0.717) is 18.8 Å². The van der Waals surface area contributed by atoms with Gasteiger partial charge in [-0.15, -0.1) is 0 Å². The van der Waals surface area contributed by atoms with Crippen LogP contribution in [0.2, 0.25) is 5.02 Å². The largest absolute Gasteiger partial charge is 0.395 e. The zero-order chi connectivity index (χ0) is 14.0. The molecule has 19 heavy (non-hydrogen) atoms. The molecule has 0 radical (unpaired) electrons. The first-order valence-corrected chi connectivity index (χ1v) is 7.78. The smallest absolute Gasteiger partial charge is 0.244 e. The van der Waals surface area contributed by atoms with Crippen LogP contribution < -0.4 is 5.32 Å². The Morgan fingerprint density at radius 1 is 1.63 bits per heavy atom. The first-order chi connectivity index (χ1) is 9.00. The van der Waals surface area contributed by atoms with Crippen LogP contribution in [-0.4, -0.2) is 49.1 Å². The molecule has 0 spiro atoms. The Hall–Kier alpha value is -0.890. The molecule has 6 nitrogen and oxygen atoms in total. The van der Waals surface area contributed by atoms with Crippen LogP contribution in [0.3, 0.4) is 0 Å². The normalized spacial score (nSPS) is 20.7. The van der Waals surface area contributed by atoms with Gasteiger partial charge in [0.15, 0.2) is 0 Å². The molecule has 1 aliphatic rings. The van der Waals surface area contributed by atoms with E-state index < -0.39 is 10.0 Å². The number of pyridine rings is 1. The lowest BCUT2D eigenvalue weighted by atomic mass is 10.2. The third kappa shape index (κ3) is 2.69. The zero-order valence-corrected chi connectivity index (χ0v) is 12.1. The molecule has 0 aromatic carbocycles. The van der Waals surface area contributed by atoms with Gasteiger partial charge in [-0.25, -0.2) is 13.4 Å². The third-order valence-corrected chi connectivity index (χ3v) is 5.40. The quantitative estimate of drug-likeness (QED) is 0.864. The first-order valence-electron chi connectivity index (χ1n) is 5.96. The van der Waals surface area contributed by atoms with Crippen molar-refractivity contribution in [2.24, 2.45) is 0 Å². The maximum Gasteiger partial charge on any atom is 0.244 e. The van der Waals surface area contributed by atoms with Gasteiger partial charge in [0.25, 0.3) is 0 Å². The maximum absolute atomic E-state index is 12.5. The number of aromatic nitrogens is 1. The second kappa shape index (κ2) is 5.62. The lowest BCUT2D eigenvalue weighted by Gasteiger charge is -2.22. The molecule has 0 bridgehead atoms. The fraction of sp³-hybridized carbons (Fsp3) is 0.545. The molecule has 1 unspecified atom stereocenters. The number of aliphatic hydroxyl groups excluding tert-OH is 1. The van der Waals surface area contributed by atoms with Crippen LogP contribution >= 0.6 is 11.6 Å². The van der Waals surface area contributed by atoms with Crippen molar-refractivity contribution in [2.75, 3.05) is 25.5 Å². The Kier molecular flexibility index (Phi) is 4.29. The maximum atomic E-state index is 12.5. The van der Waals surface area contributed by atoms with E-state index in [9.17, 15) is 13.5 Å². The highest BCUT2D eigenvalue weighted by Crippen LogP contribution is 2.28. The number of rotatable bonds is 4. The van der Waals surface area contributed by atoms with Gasteiger partial charge in [-0.05, 0) is 18.9 Å². The van der Waals surface area contributed by atoms with Crippen LogP contribution in [0.5, 0.6) is 0 Å². The van der Waals surface area contributed by atoms with E-state index in [-0.39, 0.29) is 22.6 Å². The van der Waals surface area contributed by atoms with E-state index in [0.717, 1.165) is 6.42 Å². The van der Waals surface area contributed by atoms with Crippen LogP contribution in [0, 0.1) is 0 Å². The number of hydrogen-bond acceptors (Lipinski definition) is 5. The van der Waals surface area contributed by atoms with Crippen molar-refractivity contribution < 1.29 is 13.5 Å². The summed E-state index contributed by atoms with van der Waals surface area (Å²) < 4.78 is 26.2. The monoisotopic (exact) mass is 305 g/mol. The molecular formula is C11H16ClN3O3S. The number of anilines is 1. The lowest BCUT2D eigenvalue weighted by molar-refractivity contribution is 0.213. The molecule has 8 heteroatoms. The summed E-state index contributed by atoms with van der Waals surface area (Å²) in [6.07, 6.45) is 2.70. The van der Waals surface area contributed by atoms with Crippen molar-refractivity contribution in [1.82, 2.24) is 9.29 Å². The topological polar surface area (TPSA) is 82.5 Å². The Labute approximate surface area is 117 Å². The van der Waals surface area contributed by atoms with Crippen molar-refractivity contribution >= 4 is 27.4 Å². The summed E-state index contributed by atoms with van der Waals surface area (Å²) in [5.74, 6) is 0.431. The fourth-order valence-corrected chi connectivity index (χ4v) is 4.17. The number of nitrogens with one attached hydrogen (secondary N) is 1. The van der Waals surface area contributed by atoms with Crippen LogP contribution in [0.1, 0.15) is 12.8 Å². The molecule has 2 heterocycles. The Balaban J connectivity index is 2.37. The van der Waals surface area contributed by atoms with Gasteiger partial charge in [0.05, 0.1) is 11.6 Å². The van der Waals surface area contributed by atoms with Gasteiger partial charge in [0.2, 0.25) is 10.0 Å². The lowest BCUT2D eigenvalue weighted by Crippen LogP contribution is -2.37. The molecule has 1 aromatic heterocycles. The SMILES string of the molecule is CNc1ncc(S(=O)(=O)N2CCCC2CO)cc1Cl. The molecule has 1 aromatic rings. The summed E-state index contributed by atoms with van der Waals surface area (Å²) in [4.78, 5) is 4.03. The molecule has 2 rings (SSSR count). The van der Waals surface area contributed by atoms with Gasteiger partial charge in [0, 0.05) is 25.8 Å². The van der Waals surface area contributed by atoms with Crippen molar-refractivity contribution in [3.05, 3.63) is 17.3 Å². The highest BCUT2D eigenvalue weighted by molar-refractivity contribution is 7.89. The van der Waals surface area contributed by atoms with Crippen molar-refractivity contribution in [2.45, 2.75) is 23.8 Å². The van der Waals surface area contributed by atoms with Crippen LogP contribution in [0.15, 0.2) is 17.2 Å². The van der Waals surface area contributed by atoms with E-state index in [4.69, 9.17) is 11.6 Å². The predicted molar refractivity (Wildman–Crippen MR) is 72.8 cm³/mol. The summed E-state index contributed by atoms with van der Waals surface area (Å²) in [5.41, 5.74) is 0. The summed E-state index contributed by atoms with van der Waals surface area (Å²) in [5, 5.41) is 12.3. The molecule has 1 aliphatic heterocycles. The van der Waals surface area contributed by atoms with Crippen LogP contribution in [-0.2, 0) is 10.0 Å². The van der Waals surface area contributed by atoms with Gasteiger partial charge in [-0.1, -0.05) is 11.6 Å². The minimum absolute atomic E-state index is 0.0526. The van der Waals surface area contributed by atoms with Gasteiger partial charge in [-0.3, -0.25) is 0 Å².